The molecule has 0 amide bonds. The molecule has 70 valence electrons. The summed E-state index contributed by atoms with van der Waals surface area (Å²) in [5.41, 5.74) is -0.576. The monoisotopic (exact) mass is 181 g/mol. The lowest BCUT2D eigenvalue weighted by atomic mass is 9.69. The molecule has 13 heavy (non-hydrogen) atoms. The predicted octanol–water partition coefficient (Wildman–Crippen LogP) is 0.533. The molecule has 0 spiro atoms. The van der Waals surface area contributed by atoms with Gasteiger partial charge in [-0.05, 0) is 12.8 Å². The van der Waals surface area contributed by atoms with Gasteiger partial charge in [0.05, 0.1) is 12.0 Å². The molecule has 1 saturated carbocycles. The normalized spacial score (nSPS) is 19.4. The van der Waals surface area contributed by atoms with Gasteiger partial charge < -0.3 is 5.11 Å². The summed E-state index contributed by atoms with van der Waals surface area (Å²) >= 11 is 0. The number of nitrogens with zero attached hydrogens (tertiary/aromatic N) is 3. The van der Waals surface area contributed by atoms with Crippen LogP contribution in [-0.4, -0.2) is 25.8 Å². The molecule has 0 atom stereocenters. The molecule has 5 nitrogen and oxygen atoms in total. The molecule has 5 heteroatoms. The Labute approximate surface area is 75.4 Å². The van der Waals surface area contributed by atoms with Crippen LogP contribution < -0.4 is 0 Å². The van der Waals surface area contributed by atoms with E-state index >= 15 is 0 Å². The van der Waals surface area contributed by atoms with Crippen LogP contribution in [0.4, 0.5) is 0 Å². The highest BCUT2D eigenvalue weighted by atomic mass is 16.4. The van der Waals surface area contributed by atoms with Crippen LogP contribution in [0.5, 0.6) is 0 Å². The minimum atomic E-state index is -0.714. The summed E-state index contributed by atoms with van der Waals surface area (Å²) in [6.45, 7) is 0.447. The molecule has 1 N–H and O–H groups in total. The second-order valence-corrected chi connectivity index (χ2v) is 3.53. The molecule has 1 fully saturated rings. The number of hydrogen-bond donors (Lipinski definition) is 1. The zero-order chi connectivity index (χ0) is 9.31. The first-order chi connectivity index (χ1) is 6.23. The third-order valence-corrected chi connectivity index (χ3v) is 2.70. The van der Waals surface area contributed by atoms with Crippen molar-refractivity contribution in [2.75, 3.05) is 0 Å². The molecule has 0 radical (unpaired) electrons. The third-order valence-electron chi connectivity index (χ3n) is 2.70. The van der Waals surface area contributed by atoms with Crippen molar-refractivity contribution >= 4 is 5.97 Å². The number of rotatable bonds is 3. The minimum Gasteiger partial charge on any atom is -0.481 e. The largest absolute Gasteiger partial charge is 0.481 e. The Morgan fingerprint density at radius 3 is 2.77 bits per heavy atom. The Morgan fingerprint density at radius 1 is 1.62 bits per heavy atom. The number of aromatic nitrogens is 3. The summed E-state index contributed by atoms with van der Waals surface area (Å²) in [5.74, 6) is -0.714. The standard InChI is InChI=1S/C8H11N3O2/c12-7(13)8(2-1-3-8)4-11-6-9-5-10-11/h5-6H,1-4H2,(H,12,13). The summed E-state index contributed by atoms with van der Waals surface area (Å²) in [7, 11) is 0. The summed E-state index contributed by atoms with van der Waals surface area (Å²) in [6, 6.07) is 0. The highest BCUT2D eigenvalue weighted by Crippen LogP contribution is 2.42. The number of aliphatic carboxylic acids is 1. The number of carbonyl (C=O) groups is 1. The van der Waals surface area contributed by atoms with Crippen molar-refractivity contribution < 1.29 is 9.90 Å². The van der Waals surface area contributed by atoms with E-state index in [9.17, 15) is 4.79 Å². The maximum Gasteiger partial charge on any atom is 0.311 e. The van der Waals surface area contributed by atoms with E-state index in [1.54, 1.807) is 11.0 Å². The zero-order valence-electron chi connectivity index (χ0n) is 7.18. The van der Waals surface area contributed by atoms with Crippen molar-refractivity contribution in [3.8, 4) is 0 Å². The van der Waals surface area contributed by atoms with Gasteiger partial charge in [-0.3, -0.25) is 9.48 Å². The van der Waals surface area contributed by atoms with E-state index in [2.05, 4.69) is 10.1 Å². The highest BCUT2D eigenvalue weighted by Gasteiger charge is 2.44. The fourth-order valence-electron chi connectivity index (χ4n) is 1.67. The van der Waals surface area contributed by atoms with Gasteiger partial charge in [0.25, 0.3) is 0 Å². The predicted molar refractivity (Wildman–Crippen MR) is 43.9 cm³/mol. The van der Waals surface area contributed by atoms with E-state index in [0.29, 0.717) is 6.54 Å². The lowest BCUT2D eigenvalue weighted by molar-refractivity contribution is -0.156. The van der Waals surface area contributed by atoms with Crippen molar-refractivity contribution in [3.63, 3.8) is 0 Å². The quantitative estimate of drug-likeness (QED) is 0.738. The average molecular weight is 181 g/mol. The number of carboxylic acid groups (broad SMARTS) is 1. The van der Waals surface area contributed by atoms with Crippen LogP contribution >= 0.6 is 0 Å². The van der Waals surface area contributed by atoms with Gasteiger partial charge in [-0.2, -0.15) is 5.10 Å². The highest BCUT2D eigenvalue weighted by molar-refractivity contribution is 5.75. The van der Waals surface area contributed by atoms with Crippen LogP contribution in [0, 0.1) is 5.41 Å². The lowest BCUT2D eigenvalue weighted by Crippen LogP contribution is -2.41. The van der Waals surface area contributed by atoms with Crippen molar-refractivity contribution in [3.05, 3.63) is 12.7 Å². The maximum atomic E-state index is 11.0. The first kappa shape index (κ1) is 8.22. The molecular weight excluding hydrogens is 170 g/mol. The molecule has 0 saturated heterocycles. The first-order valence-electron chi connectivity index (χ1n) is 4.29. The van der Waals surface area contributed by atoms with Crippen LogP contribution in [0.2, 0.25) is 0 Å². The summed E-state index contributed by atoms with van der Waals surface area (Å²) in [4.78, 5) is 14.8. The number of hydrogen-bond acceptors (Lipinski definition) is 3. The molecule has 0 aromatic carbocycles. The molecule has 1 heterocycles. The van der Waals surface area contributed by atoms with Gasteiger partial charge in [0.1, 0.15) is 12.7 Å². The summed E-state index contributed by atoms with van der Waals surface area (Å²) < 4.78 is 1.59. The molecule has 0 aliphatic heterocycles. The Balaban J connectivity index is 2.11. The minimum absolute atomic E-state index is 0.447. The average Bonchev–Trinajstić information content (AvgIpc) is 2.47. The van der Waals surface area contributed by atoms with Gasteiger partial charge >= 0.3 is 5.97 Å². The van der Waals surface area contributed by atoms with E-state index in [4.69, 9.17) is 5.11 Å². The Kier molecular flexibility index (Phi) is 1.79. The van der Waals surface area contributed by atoms with Gasteiger partial charge in [-0.25, -0.2) is 4.98 Å². The van der Waals surface area contributed by atoms with E-state index in [1.807, 2.05) is 0 Å². The molecule has 1 aliphatic carbocycles. The third kappa shape index (κ3) is 1.30. The zero-order valence-corrected chi connectivity index (χ0v) is 7.18. The Bertz CT molecular complexity index is 303. The molecule has 1 aromatic heterocycles. The molecule has 0 unspecified atom stereocenters. The fourth-order valence-corrected chi connectivity index (χ4v) is 1.67. The van der Waals surface area contributed by atoms with Crippen molar-refractivity contribution in [2.45, 2.75) is 25.8 Å². The molecule has 0 bridgehead atoms. The molecule has 1 aromatic rings. The summed E-state index contributed by atoms with van der Waals surface area (Å²) in [6.07, 6.45) is 5.49. The molecule has 1 aliphatic rings. The maximum absolute atomic E-state index is 11.0. The van der Waals surface area contributed by atoms with Crippen LogP contribution in [0.25, 0.3) is 0 Å². The second kappa shape index (κ2) is 2.83. The van der Waals surface area contributed by atoms with E-state index in [-0.39, 0.29) is 0 Å². The van der Waals surface area contributed by atoms with Gasteiger partial charge in [0.15, 0.2) is 0 Å². The van der Waals surface area contributed by atoms with E-state index in [0.717, 1.165) is 19.3 Å². The Hall–Kier alpha value is -1.39. The van der Waals surface area contributed by atoms with E-state index in [1.165, 1.54) is 6.33 Å². The van der Waals surface area contributed by atoms with E-state index < -0.39 is 11.4 Å². The van der Waals surface area contributed by atoms with Crippen molar-refractivity contribution in [1.82, 2.24) is 14.8 Å². The van der Waals surface area contributed by atoms with Gasteiger partial charge in [-0.1, -0.05) is 6.42 Å². The summed E-state index contributed by atoms with van der Waals surface area (Å²) in [5, 5.41) is 12.9. The Morgan fingerprint density at radius 2 is 2.38 bits per heavy atom. The van der Waals surface area contributed by atoms with Crippen LogP contribution in [0.3, 0.4) is 0 Å². The smallest absolute Gasteiger partial charge is 0.311 e. The fraction of sp³-hybridized carbons (Fsp3) is 0.625. The van der Waals surface area contributed by atoms with Crippen LogP contribution in [0.15, 0.2) is 12.7 Å². The topological polar surface area (TPSA) is 68.0 Å². The lowest BCUT2D eigenvalue weighted by Gasteiger charge is -2.37. The van der Waals surface area contributed by atoms with Crippen LogP contribution in [0.1, 0.15) is 19.3 Å². The molecule has 2 rings (SSSR count). The second-order valence-electron chi connectivity index (χ2n) is 3.53. The SMILES string of the molecule is O=C(O)C1(Cn2cncn2)CCC1. The van der Waals surface area contributed by atoms with Gasteiger partial charge in [0, 0.05) is 0 Å². The van der Waals surface area contributed by atoms with Crippen LogP contribution in [-0.2, 0) is 11.3 Å². The van der Waals surface area contributed by atoms with Gasteiger partial charge in [-0.15, -0.1) is 0 Å². The van der Waals surface area contributed by atoms with Crippen molar-refractivity contribution in [1.29, 1.82) is 0 Å². The van der Waals surface area contributed by atoms with Gasteiger partial charge in [0.2, 0.25) is 0 Å². The van der Waals surface area contributed by atoms with Crippen molar-refractivity contribution in [2.24, 2.45) is 5.41 Å². The number of carboxylic acids is 1. The molecular formula is C8H11N3O2. The first-order valence-corrected chi connectivity index (χ1v) is 4.29.